The van der Waals surface area contributed by atoms with Crippen LogP contribution in [-0.2, 0) is 0 Å². The van der Waals surface area contributed by atoms with Crippen LogP contribution in [-0.4, -0.2) is 13.1 Å². The SMILES string of the molecule is CCCC(CC1CCCCC1)NC. The van der Waals surface area contributed by atoms with E-state index in [1.54, 1.807) is 0 Å². The maximum atomic E-state index is 3.45. The van der Waals surface area contributed by atoms with E-state index in [4.69, 9.17) is 0 Å². The van der Waals surface area contributed by atoms with E-state index in [1.165, 1.54) is 51.4 Å². The highest BCUT2D eigenvalue weighted by Gasteiger charge is 2.17. The number of hydrogen-bond donors (Lipinski definition) is 1. The van der Waals surface area contributed by atoms with Gasteiger partial charge >= 0.3 is 0 Å². The second kappa shape index (κ2) is 6.42. The molecule has 1 saturated carbocycles. The van der Waals surface area contributed by atoms with Gasteiger partial charge in [-0.1, -0.05) is 45.4 Å². The molecular formula is C12H25N. The Balaban J connectivity index is 2.18. The van der Waals surface area contributed by atoms with Gasteiger partial charge in [0.05, 0.1) is 0 Å². The predicted molar refractivity (Wildman–Crippen MR) is 58.9 cm³/mol. The van der Waals surface area contributed by atoms with Crippen molar-refractivity contribution in [3.05, 3.63) is 0 Å². The first kappa shape index (κ1) is 11.0. The van der Waals surface area contributed by atoms with Gasteiger partial charge in [0.2, 0.25) is 0 Å². The Morgan fingerprint density at radius 1 is 1.23 bits per heavy atom. The average molecular weight is 183 g/mol. The molecule has 0 aliphatic heterocycles. The molecule has 0 bridgehead atoms. The monoisotopic (exact) mass is 183 g/mol. The summed E-state index contributed by atoms with van der Waals surface area (Å²) in [5.41, 5.74) is 0. The molecule has 0 amide bonds. The number of hydrogen-bond acceptors (Lipinski definition) is 1. The second-order valence-corrected chi connectivity index (χ2v) is 4.51. The zero-order valence-corrected chi connectivity index (χ0v) is 9.31. The van der Waals surface area contributed by atoms with Gasteiger partial charge in [0, 0.05) is 6.04 Å². The fraction of sp³-hybridized carbons (Fsp3) is 1.00. The van der Waals surface area contributed by atoms with E-state index >= 15 is 0 Å². The highest BCUT2D eigenvalue weighted by atomic mass is 14.9. The van der Waals surface area contributed by atoms with Gasteiger partial charge in [-0.15, -0.1) is 0 Å². The molecule has 1 N–H and O–H groups in total. The lowest BCUT2D eigenvalue weighted by molar-refractivity contribution is 0.296. The van der Waals surface area contributed by atoms with Crippen LogP contribution in [0.3, 0.4) is 0 Å². The number of nitrogens with one attached hydrogen (secondary N) is 1. The first-order valence-electron chi connectivity index (χ1n) is 6.04. The van der Waals surface area contributed by atoms with Gasteiger partial charge in [0.1, 0.15) is 0 Å². The Labute approximate surface area is 83.3 Å². The minimum atomic E-state index is 0.785. The largest absolute Gasteiger partial charge is 0.317 e. The van der Waals surface area contributed by atoms with Crippen molar-refractivity contribution in [3.63, 3.8) is 0 Å². The lowest BCUT2D eigenvalue weighted by Gasteiger charge is -2.26. The van der Waals surface area contributed by atoms with Crippen molar-refractivity contribution in [1.29, 1.82) is 0 Å². The van der Waals surface area contributed by atoms with E-state index in [0.29, 0.717) is 0 Å². The smallest absolute Gasteiger partial charge is 0.00666 e. The predicted octanol–water partition coefficient (Wildman–Crippen LogP) is 3.34. The van der Waals surface area contributed by atoms with Crippen LogP contribution in [0.5, 0.6) is 0 Å². The first-order chi connectivity index (χ1) is 6.36. The Kier molecular flexibility index (Phi) is 5.45. The minimum absolute atomic E-state index is 0.785. The molecule has 0 heterocycles. The Morgan fingerprint density at radius 2 is 1.92 bits per heavy atom. The third-order valence-corrected chi connectivity index (χ3v) is 3.39. The molecule has 1 atom stereocenters. The highest BCUT2D eigenvalue weighted by molar-refractivity contribution is 4.73. The molecule has 1 fully saturated rings. The van der Waals surface area contributed by atoms with Gasteiger partial charge in [-0.25, -0.2) is 0 Å². The number of rotatable bonds is 5. The molecular weight excluding hydrogens is 158 g/mol. The van der Waals surface area contributed by atoms with Crippen molar-refractivity contribution < 1.29 is 0 Å². The van der Waals surface area contributed by atoms with Gasteiger partial charge in [0.15, 0.2) is 0 Å². The highest BCUT2D eigenvalue weighted by Crippen LogP contribution is 2.27. The van der Waals surface area contributed by atoms with Gasteiger partial charge in [0.25, 0.3) is 0 Å². The standard InChI is InChI=1S/C12H25N/c1-3-7-12(13-2)10-11-8-5-4-6-9-11/h11-13H,3-10H2,1-2H3. The lowest BCUT2D eigenvalue weighted by atomic mass is 9.84. The van der Waals surface area contributed by atoms with Gasteiger partial charge in [-0.05, 0) is 25.8 Å². The zero-order valence-electron chi connectivity index (χ0n) is 9.31. The topological polar surface area (TPSA) is 12.0 Å². The Bertz CT molecular complexity index is 114. The molecule has 13 heavy (non-hydrogen) atoms. The van der Waals surface area contributed by atoms with Crippen LogP contribution in [0.25, 0.3) is 0 Å². The second-order valence-electron chi connectivity index (χ2n) is 4.51. The first-order valence-corrected chi connectivity index (χ1v) is 6.04. The van der Waals surface area contributed by atoms with Crippen LogP contribution in [0, 0.1) is 5.92 Å². The summed E-state index contributed by atoms with van der Waals surface area (Å²) >= 11 is 0. The van der Waals surface area contributed by atoms with Crippen molar-refractivity contribution in [1.82, 2.24) is 5.32 Å². The fourth-order valence-corrected chi connectivity index (χ4v) is 2.55. The molecule has 0 aromatic carbocycles. The van der Waals surface area contributed by atoms with Crippen molar-refractivity contribution in [2.75, 3.05) is 7.05 Å². The van der Waals surface area contributed by atoms with Gasteiger partial charge in [-0.3, -0.25) is 0 Å². The molecule has 0 saturated heterocycles. The molecule has 1 heteroatoms. The minimum Gasteiger partial charge on any atom is -0.317 e. The van der Waals surface area contributed by atoms with Crippen molar-refractivity contribution >= 4 is 0 Å². The molecule has 0 aromatic heterocycles. The Morgan fingerprint density at radius 3 is 2.46 bits per heavy atom. The van der Waals surface area contributed by atoms with E-state index in [1.807, 2.05) is 0 Å². The van der Waals surface area contributed by atoms with Gasteiger partial charge < -0.3 is 5.32 Å². The Hall–Kier alpha value is -0.0400. The average Bonchev–Trinajstić information content (AvgIpc) is 2.19. The summed E-state index contributed by atoms with van der Waals surface area (Å²) in [5, 5.41) is 3.45. The summed E-state index contributed by atoms with van der Waals surface area (Å²) in [6.07, 6.45) is 11.5. The van der Waals surface area contributed by atoms with Crippen molar-refractivity contribution in [2.24, 2.45) is 5.92 Å². The maximum Gasteiger partial charge on any atom is 0.00666 e. The van der Waals surface area contributed by atoms with Gasteiger partial charge in [-0.2, -0.15) is 0 Å². The normalized spacial score (nSPS) is 21.7. The fourth-order valence-electron chi connectivity index (χ4n) is 2.55. The molecule has 1 nitrogen and oxygen atoms in total. The lowest BCUT2D eigenvalue weighted by Crippen LogP contribution is -2.28. The molecule has 78 valence electrons. The summed E-state index contributed by atoms with van der Waals surface area (Å²) in [6.45, 7) is 2.28. The van der Waals surface area contributed by atoms with Crippen LogP contribution < -0.4 is 5.32 Å². The van der Waals surface area contributed by atoms with Crippen molar-refractivity contribution in [3.8, 4) is 0 Å². The van der Waals surface area contributed by atoms with Crippen LogP contribution >= 0.6 is 0 Å². The quantitative estimate of drug-likeness (QED) is 0.689. The van der Waals surface area contributed by atoms with E-state index in [0.717, 1.165) is 12.0 Å². The van der Waals surface area contributed by atoms with Crippen LogP contribution in [0.4, 0.5) is 0 Å². The summed E-state index contributed by atoms with van der Waals surface area (Å²) in [6, 6.07) is 0.785. The molecule has 0 spiro atoms. The maximum absolute atomic E-state index is 3.45. The summed E-state index contributed by atoms with van der Waals surface area (Å²) in [5.74, 6) is 1.03. The molecule has 0 aromatic rings. The summed E-state index contributed by atoms with van der Waals surface area (Å²) < 4.78 is 0. The molecule has 1 rings (SSSR count). The molecule has 1 aliphatic rings. The van der Waals surface area contributed by atoms with Crippen LogP contribution in [0.2, 0.25) is 0 Å². The van der Waals surface area contributed by atoms with Crippen molar-refractivity contribution in [2.45, 2.75) is 64.3 Å². The van der Waals surface area contributed by atoms with Crippen LogP contribution in [0.15, 0.2) is 0 Å². The molecule has 1 aliphatic carbocycles. The molecule has 1 unspecified atom stereocenters. The third kappa shape index (κ3) is 4.12. The van der Waals surface area contributed by atoms with E-state index in [9.17, 15) is 0 Å². The third-order valence-electron chi connectivity index (χ3n) is 3.39. The summed E-state index contributed by atoms with van der Waals surface area (Å²) in [7, 11) is 2.11. The van der Waals surface area contributed by atoms with Crippen LogP contribution in [0.1, 0.15) is 58.3 Å². The van der Waals surface area contributed by atoms with E-state index in [2.05, 4.69) is 19.3 Å². The van der Waals surface area contributed by atoms with E-state index < -0.39 is 0 Å². The van der Waals surface area contributed by atoms with E-state index in [-0.39, 0.29) is 0 Å². The molecule has 0 radical (unpaired) electrons. The zero-order chi connectivity index (χ0) is 9.52. The summed E-state index contributed by atoms with van der Waals surface area (Å²) in [4.78, 5) is 0.